The minimum absolute atomic E-state index is 0.00256. The molecule has 2 aromatic heterocycles. The van der Waals surface area contributed by atoms with Crippen molar-refractivity contribution in [3.63, 3.8) is 0 Å². The number of carbonyl (C=O) groups is 1. The number of sulfonamides is 1. The van der Waals surface area contributed by atoms with Gasteiger partial charge in [0.1, 0.15) is 0 Å². The van der Waals surface area contributed by atoms with E-state index in [0.29, 0.717) is 30.0 Å². The van der Waals surface area contributed by atoms with E-state index in [4.69, 9.17) is 5.73 Å². The quantitative estimate of drug-likeness (QED) is 0.499. The van der Waals surface area contributed by atoms with E-state index in [9.17, 15) is 13.2 Å². The summed E-state index contributed by atoms with van der Waals surface area (Å²) in [6.07, 6.45) is 8.91. The number of amides is 1. The van der Waals surface area contributed by atoms with Gasteiger partial charge in [-0.15, -0.1) is 0 Å². The summed E-state index contributed by atoms with van der Waals surface area (Å²) < 4.78 is 27.1. The summed E-state index contributed by atoms with van der Waals surface area (Å²) in [4.78, 5) is 28.5. The fraction of sp³-hybridized carbons (Fsp3) is 0.360. The molecule has 1 amide bonds. The molecule has 0 spiro atoms. The summed E-state index contributed by atoms with van der Waals surface area (Å²) in [7, 11) is -3.51. The fourth-order valence-corrected chi connectivity index (χ4v) is 6.13. The number of hydrogen-bond acceptors (Lipinski definition) is 8. The van der Waals surface area contributed by atoms with Gasteiger partial charge in [0, 0.05) is 31.4 Å². The Balaban J connectivity index is 1.35. The third-order valence-electron chi connectivity index (χ3n) is 6.62. The maximum atomic E-state index is 13.1. The first kappa shape index (κ1) is 24.3. The van der Waals surface area contributed by atoms with Gasteiger partial charge in [-0.05, 0) is 62.5 Å². The molecule has 0 unspecified atom stereocenters. The van der Waals surface area contributed by atoms with Gasteiger partial charge >= 0.3 is 0 Å². The van der Waals surface area contributed by atoms with Crippen LogP contribution in [0.2, 0.25) is 0 Å². The first-order valence-electron chi connectivity index (χ1n) is 12.1. The van der Waals surface area contributed by atoms with Crippen molar-refractivity contribution in [2.75, 3.05) is 37.2 Å². The highest BCUT2D eigenvalue weighted by atomic mass is 32.2. The Morgan fingerprint density at radius 1 is 0.972 bits per heavy atom. The number of likely N-dealkylation sites (tertiary alicyclic amines) is 1. The van der Waals surface area contributed by atoms with Gasteiger partial charge in [0.05, 0.1) is 28.7 Å². The molecule has 0 radical (unpaired) electrons. The van der Waals surface area contributed by atoms with Gasteiger partial charge in [-0.25, -0.2) is 18.4 Å². The number of aromatic nitrogens is 3. The molecule has 3 aromatic rings. The SMILES string of the molecule is Nc1ncc(-c2ccc(S(=O)(=O)N3CCCC3)cc2)nc1C(=O)Nc1cnccc1CN1CCCC1. The largest absolute Gasteiger partial charge is 0.382 e. The Hall–Kier alpha value is -3.41. The molecule has 0 bridgehead atoms. The van der Waals surface area contributed by atoms with Crippen LogP contribution in [-0.4, -0.2) is 64.7 Å². The molecule has 188 valence electrons. The molecular weight excluding hydrogens is 478 g/mol. The Kier molecular flexibility index (Phi) is 6.95. The number of carbonyl (C=O) groups excluding carboxylic acids is 1. The molecule has 5 rings (SSSR count). The van der Waals surface area contributed by atoms with E-state index < -0.39 is 15.9 Å². The van der Waals surface area contributed by atoms with E-state index in [2.05, 4.69) is 25.2 Å². The first-order chi connectivity index (χ1) is 17.4. The maximum absolute atomic E-state index is 13.1. The van der Waals surface area contributed by atoms with Gasteiger partial charge in [-0.3, -0.25) is 14.7 Å². The molecule has 11 heteroatoms. The number of benzene rings is 1. The van der Waals surface area contributed by atoms with Crippen molar-refractivity contribution in [1.29, 1.82) is 0 Å². The van der Waals surface area contributed by atoms with E-state index in [1.807, 2.05) is 6.07 Å². The average Bonchev–Trinajstić information content (AvgIpc) is 3.61. The number of anilines is 2. The second kappa shape index (κ2) is 10.3. The lowest BCUT2D eigenvalue weighted by Gasteiger charge is -2.17. The molecule has 2 aliphatic rings. The van der Waals surface area contributed by atoms with Crippen LogP contribution >= 0.6 is 0 Å². The molecule has 3 N–H and O–H groups in total. The lowest BCUT2D eigenvalue weighted by Crippen LogP contribution is -2.27. The normalized spacial score (nSPS) is 16.9. The number of hydrogen-bond donors (Lipinski definition) is 2. The Bertz CT molecular complexity index is 1350. The van der Waals surface area contributed by atoms with Gasteiger partial charge in [0.15, 0.2) is 11.5 Å². The highest BCUT2D eigenvalue weighted by Gasteiger charge is 2.27. The van der Waals surface area contributed by atoms with Crippen LogP contribution in [0.4, 0.5) is 11.5 Å². The number of rotatable bonds is 7. The van der Waals surface area contributed by atoms with Crippen molar-refractivity contribution in [2.45, 2.75) is 37.1 Å². The molecule has 0 aliphatic carbocycles. The Morgan fingerprint density at radius 2 is 1.67 bits per heavy atom. The van der Waals surface area contributed by atoms with Crippen LogP contribution in [0.25, 0.3) is 11.3 Å². The smallest absolute Gasteiger partial charge is 0.278 e. The van der Waals surface area contributed by atoms with Crippen molar-refractivity contribution in [1.82, 2.24) is 24.2 Å². The number of nitrogens with one attached hydrogen (secondary N) is 1. The predicted octanol–water partition coefficient (Wildman–Crippen LogP) is 2.75. The Morgan fingerprint density at radius 3 is 2.39 bits per heavy atom. The van der Waals surface area contributed by atoms with Gasteiger partial charge in [-0.2, -0.15) is 4.31 Å². The lowest BCUT2D eigenvalue weighted by molar-refractivity contribution is 0.102. The van der Waals surface area contributed by atoms with Crippen molar-refractivity contribution >= 4 is 27.4 Å². The molecule has 2 saturated heterocycles. The zero-order valence-corrected chi connectivity index (χ0v) is 20.7. The lowest BCUT2D eigenvalue weighted by atomic mass is 10.1. The molecule has 36 heavy (non-hydrogen) atoms. The van der Waals surface area contributed by atoms with Gasteiger partial charge in [-0.1, -0.05) is 12.1 Å². The van der Waals surface area contributed by atoms with Crippen LogP contribution in [0, 0.1) is 0 Å². The van der Waals surface area contributed by atoms with Crippen LogP contribution < -0.4 is 11.1 Å². The summed E-state index contributed by atoms with van der Waals surface area (Å²) in [6, 6.07) is 8.35. The van der Waals surface area contributed by atoms with Crippen LogP contribution in [0.5, 0.6) is 0 Å². The van der Waals surface area contributed by atoms with Gasteiger partial charge in [0.2, 0.25) is 10.0 Å². The minimum Gasteiger partial charge on any atom is -0.382 e. The molecule has 0 atom stereocenters. The summed E-state index contributed by atoms with van der Waals surface area (Å²) in [5.74, 6) is -0.472. The van der Waals surface area contributed by atoms with Crippen molar-refractivity contribution in [3.8, 4) is 11.3 Å². The van der Waals surface area contributed by atoms with Gasteiger partial charge < -0.3 is 11.1 Å². The van der Waals surface area contributed by atoms with Crippen LogP contribution in [0.15, 0.2) is 53.8 Å². The average molecular weight is 508 g/mol. The number of pyridine rings is 1. The number of nitrogens with two attached hydrogens (primary N) is 1. The van der Waals surface area contributed by atoms with E-state index in [-0.39, 0.29) is 16.4 Å². The zero-order valence-electron chi connectivity index (χ0n) is 19.9. The summed E-state index contributed by atoms with van der Waals surface area (Å²) in [5, 5.41) is 2.89. The second-order valence-electron chi connectivity index (χ2n) is 9.09. The highest BCUT2D eigenvalue weighted by molar-refractivity contribution is 7.89. The number of nitrogen functional groups attached to an aromatic ring is 1. The molecule has 0 saturated carbocycles. The molecule has 2 fully saturated rings. The molecule has 1 aromatic carbocycles. The topological polar surface area (TPSA) is 134 Å². The highest BCUT2D eigenvalue weighted by Crippen LogP contribution is 2.25. The minimum atomic E-state index is -3.51. The van der Waals surface area contributed by atoms with E-state index >= 15 is 0 Å². The van der Waals surface area contributed by atoms with Gasteiger partial charge in [0.25, 0.3) is 5.91 Å². The second-order valence-corrected chi connectivity index (χ2v) is 11.0. The third kappa shape index (κ3) is 5.08. The maximum Gasteiger partial charge on any atom is 0.278 e. The van der Waals surface area contributed by atoms with Crippen LogP contribution in [-0.2, 0) is 16.6 Å². The summed E-state index contributed by atoms with van der Waals surface area (Å²) in [6.45, 7) is 3.89. The molecule has 4 heterocycles. The monoisotopic (exact) mass is 507 g/mol. The van der Waals surface area contributed by atoms with E-state index in [1.165, 1.54) is 23.3 Å². The molecule has 10 nitrogen and oxygen atoms in total. The standard InChI is InChI=1S/C25H29N7O3S/c26-24-23(25(33)30-21-15-27-10-9-19(21)17-31-11-1-2-12-31)29-22(16-28-24)18-5-7-20(8-6-18)36(34,35)32-13-3-4-14-32/h5-10,15-16H,1-4,11-14,17H2,(H2,26,28)(H,30,33). The zero-order chi connectivity index (χ0) is 25.1. The Labute approximate surface area is 210 Å². The van der Waals surface area contributed by atoms with Crippen LogP contribution in [0.3, 0.4) is 0 Å². The summed E-state index contributed by atoms with van der Waals surface area (Å²) in [5.41, 5.74) is 8.63. The molecular formula is C25H29N7O3S. The van der Waals surface area contributed by atoms with Crippen LogP contribution in [0.1, 0.15) is 41.7 Å². The number of nitrogens with zero attached hydrogens (tertiary/aromatic N) is 5. The fourth-order valence-electron chi connectivity index (χ4n) is 4.62. The third-order valence-corrected chi connectivity index (χ3v) is 8.53. The van der Waals surface area contributed by atoms with Crippen molar-refractivity contribution in [3.05, 3.63) is 60.2 Å². The van der Waals surface area contributed by atoms with Crippen molar-refractivity contribution in [2.24, 2.45) is 0 Å². The van der Waals surface area contributed by atoms with E-state index in [0.717, 1.165) is 38.0 Å². The molecule has 2 aliphatic heterocycles. The van der Waals surface area contributed by atoms with E-state index in [1.54, 1.807) is 36.7 Å². The van der Waals surface area contributed by atoms with Crippen molar-refractivity contribution < 1.29 is 13.2 Å². The predicted molar refractivity (Wildman–Crippen MR) is 137 cm³/mol. The first-order valence-corrected chi connectivity index (χ1v) is 13.6. The summed E-state index contributed by atoms with van der Waals surface area (Å²) >= 11 is 0.